The number of nitrogens with one attached hydrogen (secondary N) is 2. The summed E-state index contributed by atoms with van der Waals surface area (Å²) in [5, 5.41) is 6.70. The van der Waals surface area contributed by atoms with E-state index in [0.29, 0.717) is 33.6 Å². The van der Waals surface area contributed by atoms with Crippen LogP contribution in [-0.4, -0.2) is 77.8 Å². The fraction of sp³-hybridized carbons (Fsp3) is 0.353. The first kappa shape index (κ1) is 27.6. The van der Waals surface area contributed by atoms with Gasteiger partial charge in [-0.2, -0.15) is 0 Å². The average Bonchev–Trinajstić information content (AvgIpc) is 3.69. The summed E-state index contributed by atoms with van der Waals surface area (Å²) >= 11 is 0. The smallest absolute Gasteiger partial charge is 0.342 e. The molecule has 236 valence electrons. The highest BCUT2D eigenvalue weighted by Gasteiger charge is 2.47. The van der Waals surface area contributed by atoms with E-state index >= 15 is 0 Å². The number of rotatable bonds is 12. The molecule has 2 aromatic carbocycles. The molecule has 0 unspecified atom stereocenters. The minimum absolute atomic E-state index is 0.0705. The maximum absolute atomic E-state index is 13.3. The summed E-state index contributed by atoms with van der Waals surface area (Å²) in [7, 11) is 7.61. The Bertz CT molecular complexity index is 1870. The lowest BCUT2D eigenvalue weighted by Gasteiger charge is -2.34. The van der Waals surface area contributed by atoms with Gasteiger partial charge in [0.05, 0.1) is 41.5 Å². The van der Waals surface area contributed by atoms with Crippen molar-refractivity contribution in [1.29, 1.82) is 0 Å². The number of anilines is 4. The van der Waals surface area contributed by atoms with Gasteiger partial charge < -0.3 is 34.5 Å². The highest BCUT2D eigenvalue weighted by atomic mass is 16.5. The number of benzene rings is 2. The third-order valence-corrected chi connectivity index (χ3v) is 7.84. The Morgan fingerprint density at radius 3 is 2.60 bits per heavy atom. The molecule has 2 N–H and O–H groups in total. The van der Waals surface area contributed by atoms with Gasteiger partial charge in [0.2, 0.25) is 11.9 Å². The number of fused-ring (bicyclic) bond motifs is 1. The molecule has 1 fully saturated rings. The van der Waals surface area contributed by atoms with Crippen LogP contribution in [-0.2, 0) is 16.5 Å². The highest BCUT2D eigenvalue weighted by molar-refractivity contribution is 6.04. The SMILES string of the molecule is [2H]C([2H])([2H])n1cc(-c2nc(Nc3cc(NC(=O)C=C)c(N(C)C4(CN(C)C)CC4)cc3OC)ncc2C(=O)OC(C)C)c2ccccc21. The van der Waals surface area contributed by atoms with Crippen LogP contribution < -0.4 is 20.3 Å². The number of amides is 1. The fourth-order valence-corrected chi connectivity index (χ4v) is 5.55. The van der Waals surface area contributed by atoms with Crippen LogP contribution >= 0.6 is 0 Å². The number of hydrogen-bond acceptors (Lipinski definition) is 9. The van der Waals surface area contributed by atoms with Gasteiger partial charge in [-0.15, -0.1) is 0 Å². The minimum Gasteiger partial charge on any atom is -0.494 e. The first-order valence-corrected chi connectivity index (χ1v) is 14.7. The maximum atomic E-state index is 13.3. The summed E-state index contributed by atoms with van der Waals surface area (Å²) in [6, 6.07) is 10.6. The molecule has 0 atom stereocenters. The van der Waals surface area contributed by atoms with Crippen LogP contribution in [0.4, 0.5) is 23.0 Å². The lowest BCUT2D eigenvalue weighted by Crippen LogP contribution is -2.42. The van der Waals surface area contributed by atoms with Gasteiger partial charge in [-0.3, -0.25) is 4.79 Å². The second kappa shape index (κ2) is 12.6. The highest BCUT2D eigenvalue weighted by Crippen LogP contribution is 2.48. The quantitative estimate of drug-likeness (QED) is 0.155. The van der Waals surface area contributed by atoms with Crippen LogP contribution in [0.5, 0.6) is 5.75 Å². The molecule has 11 heteroatoms. The van der Waals surface area contributed by atoms with Crippen LogP contribution in [0.1, 0.15) is 41.2 Å². The van der Waals surface area contributed by atoms with Crippen LogP contribution in [0.2, 0.25) is 0 Å². The number of ether oxygens (including phenoxy) is 2. The summed E-state index contributed by atoms with van der Waals surface area (Å²) in [5.74, 6) is -0.469. The molecule has 0 radical (unpaired) electrons. The van der Waals surface area contributed by atoms with Crippen molar-refractivity contribution in [3.63, 3.8) is 0 Å². The van der Waals surface area contributed by atoms with Gasteiger partial charge in [-0.05, 0) is 59.0 Å². The number of hydrogen-bond donors (Lipinski definition) is 2. The third kappa shape index (κ3) is 6.48. The van der Waals surface area contributed by atoms with Gasteiger partial charge in [0, 0.05) is 59.6 Å². The van der Waals surface area contributed by atoms with Gasteiger partial charge in [-0.25, -0.2) is 14.8 Å². The molecule has 0 aliphatic heterocycles. The molecular formula is C34H41N7O4. The predicted molar refractivity (Wildman–Crippen MR) is 179 cm³/mol. The first-order valence-electron chi connectivity index (χ1n) is 16.2. The molecule has 5 rings (SSSR count). The standard InChI is InChI=1S/C34H41N7O4/c1-9-30(42)36-25-16-26(29(44-8)17-28(25)41(7)34(14-15-34)20-39(4)5)37-33-35-18-23(32(43)45-21(2)3)31(38-33)24-19-40(6)27-13-11-10-12-22(24)27/h9-13,16-19,21H,1,14-15,20H2,2-8H3,(H,36,42)(H,35,37,38)/i6D3. The average molecular weight is 615 g/mol. The normalized spacial score (nSPS) is 14.8. The first-order chi connectivity index (χ1) is 22.7. The fourth-order valence-electron chi connectivity index (χ4n) is 5.55. The number of carbonyl (C=O) groups is 2. The number of likely N-dealkylation sites (N-methyl/N-ethyl adjacent to an activating group) is 2. The van der Waals surface area contributed by atoms with E-state index in [1.54, 1.807) is 51.3 Å². The van der Waals surface area contributed by atoms with Crippen molar-refractivity contribution >= 4 is 45.8 Å². The molecule has 11 nitrogen and oxygen atoms in total. The zero-order chi connectivity index (χ0) is 35.0. The van der Waals surface area contributed by atoms with Gasteiger partial charge >= 0.3 is 5.97 Å². The number of methoxy groups -OCH3 is 1. The molecule has 1 aliphatic carbocycles. The molecule has 2 aromatic heterocycles. The number of aryl methyl sites for hydroxylation is 1. The molecule has 1 aliphatic rings. The Hall–Kier alpha value is -4.90. The Kier molecular flexibility index (Phi) is 7.74. The third-order valence-electron chi connectivity index (χ3n) is 7.84. The minimum atomic E-state index is -2.48. The Balaban J connectivity index is 1.63. The lowest BCUT2D eigenvalue weighted by atomic mass is 10.1. The molecule has 0 spiro atoms. The molecule has 4 aromatic rings. The van der Waals surface area contributed by atoms with E-state index < -0.39 is 19.0 Å². The Labute approximate surface area is 268 Å². The van der Waals surface area contributed by atoms with E-state index in [2.05, 4.69) is 32.0 Å². The summed E-state index contributed by atoms with van der Waals surface area (Å²) in [4.78, 5) is 39.3. The maximum Gasteiger partial charge on any atom is 0.342 e. The molecule has 1 amide bonds. The van der Waals surface area contributed by atoms with Crippen molar-refractivity contribution in [3.05, 3.63) is 67.0 Å². The zero-order valence-corrected chi connectivity index (χ0v) is 26.5. The topological polar surface area (TPSA) is 114 Å². The molecule has 2 heterocycles. The molecule has 45 heavy (non-hydrogen) atoms. The lowest BCUT2D eigenvalue weighted by molar-refractivity contribution is -0.111. The molecule has 0 saturated heterocycles. The Morgan fingerprint density at radius 2 is 1.96 bits per heavy atom. The summed E-state index contributed by atoms with van der Waals surface area (Å²) in [5.41, 5.74) is 2.76. The van der Waals surface area contributed by atoms with E-state index in [1.807, 2.05) is 27.2 Å². The number of aromatic nitrogens is 3. The van der Waals surface area contributed by atoms with Gasteiger partial charge in [0.25, 0.3) is 0 Å². The molecular weight excluding hydrogens is 570 g/mol. The van der Waals surface area contributed by atoms with Crippen molar-refractivity contribution < 1.29 is 23.2 Å². The van der Waals surface area contributed by atoms with Gasteiger partial charge in [-0.1, -0.05) is 24.8 Å². The largest absolute Gasteiger partial charge is 0.494 e. The van der Waals surface area contributed by atoms with Crippen molar-refractivity contribution in [3.8, 4) is 17.0 Å². The van der Waals surface area contributed by atoms with E-state index in [4.69, 9.17) is 18.6 Å². The van der Waals surface area contributed by atoms with Crippen LogP contribution in [0, 0.1) is 0 Å². The number of para-hydroxylation sites is 1. The number of esters is 1. The predicted octanol–water partition coefficient (Wildman–Crippen LogP) is 5.61. The second-order valence-corrected chi connectivity index (χ2v) is 11.7. The van der Waals surface area contributed by atoms with Crippen molar-refractivity contribution in [2.75, 3.05) is 50.3 Å². The van der Waals surface area contributed by atoms with Gasteiger partial charge in [0.1, 0.15) is 11.3 Å². The van der Waals surface area contributed by atoms with Crippen molar-refractivity contribution in [2.24, 2.45) is 6.98 Å². The van der Waals surface area contributed by atoms with Crippen LogP contribution in [0.15, 0.2) is 61.4 Å². The monoisotopic (exact) mass is 614 g/mol. The number of carbonyl (C=O) groups excluding carboxylic acids is 2. The molecule has 1 saturated carbocycles. The van der Waals surface area contributed by atoms with E-state index in [9.17, 15) is 9.59 Å². The Morgan fingerprint density at radius 1 is 1.20 bits per heavy atom. The van der Waals surface area contributed by atoms with E-state index in [-0.39, 0.29) is 28.7 Å². The summed E-state index contributed by atoms with van der Waals surface area (Å²) in [6.45, 7) is 5.42. The van der Waals surface area contributed by atoms with Crippen LogP contribution in [0.3, 0.4) is 0 Å². The van der Waals surface area contributed by atoms with E-state index in [0.717, 1.165) is 25.1 Å². The zero-order valence-electron chi connectivity index (χ0n) is 29.5. The molecule has 0 bridgehead atoms. The van der Waals surface area contributed by atoms with Gasteiger partial charge in [0.15, 0.2) is 0 Å². The van der Waals surface area contributed by atoms with Crippen LogP contribution in [0.25, 0.3) is 22.2 Å². The van der Waals surface area contributed by atoms with Crippen molar-refractivity contribution in [2.45, 2.75) is 38.3 Å². The summed E-state index contributed by atoms with van der Waals surface area (Å²) < 4.78 is 36.8. The van der Waals surface area contributed by atoms with E-state index in [1.165, 1.54) is 23.0 Å². The van der Waals surface area contributed by atoms with Crippen molar-refractivity contribution in [1.82, 2.24) is 19.4 Å². The summed E-state index contributed by atoms with van der Waals surface area (Å²) in [6.07, 6.45) is 5.60. The number of nitrogens with zero attached hydrogens (tertiary/aromatic N) is 5. The second-order valence-electron chi connectivity index (χ2n) is 11.7.